The number of aromatic nitrogens is 1. The molecule has 1 saturated heterocycles. The Morgan fingerprint density at radius 3 is 2.52 bits per heavy atom. The molecule has 3 heterocycles. The molecule has 29 heavy (non-hydrogen) atoms. The fourth-order valence-corrected chi connectivity index (χ4v) is 5.33. The second kappa shape index (κ2) is 6.45. The fraction of sp³-hybridized carbons (Fsp3) is 0.308. The van der Waals surface area contributed by atoms with E-state index in [1.807, 2.05) is 0 Å². The van der Waals surface area contributed by atoms with Crippen LogP contribution in [0.4, 0.5) is 0 Å². The van der Waals surface area contributed by atoms with Crippen LogP contribution in [0, 0.1) is 6.92 Å². The molecule has 2 aliphatic heterocycles. The van der Waals surface area contributed by atoms with Crippen molar-refractivity contribution in [1.29, 1.82) is 0 Å². The van der Waals surface area contributed by atoms with Crippen LogP contribution >= 0.6 is 0 Å². The molecule has 4 aromatic rings. The van der Waals surface area contributed by atoms with Gasteiger partial charge in [0.1, 0.15) is 12.3 Å². The third-order valence-corrected chi connectivity index (χ3v) is 6.82. The normalized spacial score (nSPS) is 21.6. The van der Waals surface area contributed by atoms with Crippen molar-refractivity contribution in [3.63, 3.8) is 0 Å². The predicted octanol–water partition coefficient (Wildman–Crippen LogP) is 5.58. The molecule has 0 spiro atoms. The molecule has 1 fully saturated rings. The summed E-state index contributed by atoms with van der Waals surface area (Å²) >= 11 is 0. The van der Waals surface area contributed by atoms with E-state index in [9.17, 15) is 0 Å². The summed E-state index contributed by atoms with van der Waals surface area (Å²) in [5.41, 5.74) is 7.05. The quantitative estimate of drug-likeness (QED) is 0.431. The maximum Gasteiger partial charge on any atom is 0.142 e. The molecule has 0 saturated carbocycles. The minimum absolute atomic E-state index is 0.182. The Morgan fingerprint density at radius 1 is 0.931 bits per heavy atom. The van der Waals surface area contributed by atoms with Crippen molar-refractivity contribution in [2.24, 2.45) is 0 Å². The standard InChI is InChI=1S/C26H26N2O/c1-3-28-23-11-7-6-10-20(23)22-16-27(15-14-24(22)28)26-25(29-26)21-13-12-17(2)18-8-4-5-9-19(18)21/h4-13,25-26H,3,14-16H2,1-2H3. The van der Waals surface area contributed by atoms with Gasteiger partial charge in [-0.1, -0.05) is 54.6 Å². The first-order chi connectivity index (χ1) is 14.3. The number of nitrogens with zero attached hydrogens (tertiary/aromatic N) is 2. The van der Waals surface area contributed by atoms with Gasteiger partial charge in [0.2, 0.25) is 0 Å². The lowest BCUT2D eigenvalue weighted by Crippen LogP contribution is -2.33. The molecule has 2 aliphatic rings. The van der Waals surface area contributed by atoms with Crippen molar-refractivity contribution in [2.75, 3.05) is 6.54 Å². The zero-order valence-corrected chi connectivity index (χ0v) is 17.1. The van der Waals surface area contributed by atoms with Crippen molar-refractivity contribution < 1.29 is 4.74 Å². The number of rotatable bonds is 3. The summed E-state index contributed by atoms with van der Waals surface area (Å²) in [6.07, 6.45) is 1.47. The first kappa shape index (κ1) is 17.3. The molecule has 146 valence electrons. The van der Waals surface area contributed by atoms with Gasteiger partial charge in [0.25, 0.3) is 0 Å². The molecular weight excluding hydrogens is 356 g/mol. The van der Waals surface area contributed by atoms with Crippen LogP contribution in [0.2, 0.25) is 0 Å². The summed E-state index contributed by atoms with van der Waals surface area (Å²) in [4.78, 5) is 2.54. The predicted molar refractivity (Wildman–Crippen MR) is 118 cm³/mol. The van der Waals surface area contributed by atoms with E-state index in [2.05, 4.69) is 84.0 Å². The largest absolute Gasteiger partial charge is 0.348 e. The van der Waals surface area contributed by atoms with Crippen LogP contribution in [0.15, 0.2) is 60.7 Å². The van der Waals surface area contributed by atoms with E-state index in [1.54, 1.807) is 0 Å². The molecule has 0 aliphatic carbocycles. The van der Waals surface area contributed by atoms with E-state index >= 15 is 0 Å². The van der Waals surface area contributed by atoms with Crippen LogP contribution in [0.25, 0.3) is 21.7 Å². The zero-order valence-electron chi connectivity index (χ0n) is 17.1. The van der Waals surface area contributed by atoms with Crippen LogP contribution in [0.1, 0.15) is 35.4 Å². The number of hydrogen-bond donors (Lipinski definition) is 0. The van der Waals surface area contributed by atoms with Crippen LogP contribution in [-0.2, 0) is 24.2 Å². The Balaban J connectivity index is 1.33. The van der Waals surface area contributed by atoms with Gasteiger partial charge in [0, 0.05) is 42.7 Å². The SMILES string of the molecule is CCn1c2c(c3ccccc31)CN(C1OC1c1ccc(C)c3ccccc13)CC2. The maximum absolute atomic E-state index is 6.27. The van der Waals surface area contributed by atoms with E-state index in [0.717, 1.165) is 26.1 Å². The highest BCUT2D eigenvalue weighted by Crippen LogP contribution is 2.46. The van der Waals surface area contributed by atoms with Gasteiger partial charge in [0.05, 0.1) is 0 Å². The minimum Gasteiger partial charge on any atom is -0.348 e. The lowest BCUT2D eigenvalue weighted by Gasteiger charge is -2.27. The summed E-state index contributed by atoms with van der Waals surface area (Å²) in [6.45, 7) is 7.52. The Morgan fingerprint density at radius 2 is 1.69 bits per heavy atom. The van der Waals surface area contributed by atoms with Gasteiger partial charge in [-0.3, -0.25) is 4.90 Å². The summed E-state index contributed by atoms with van der Waals surface area (Å²) < 4.78 is 8.77. The van der Waals surface area contributed by atoms with Crippen molar-refractivity contribution >= 4 is 21.7 Å². The number of para-hydroxylation sites is 1. The topological polar surface area (TPSA) is 20.7 Å². The summed E-state index contributed by atoms with van der Waals surface area (Å²) in [5, 5.41) is 4.08. The monoisotopic (exact) mass is 382 g/mol. The summed E-state index contributed by atoms with van der Waals surface area (Å²) in [5.74, 6) is 0. The lowest BCUT2D eigenvalue weighted by atomic mass is 9.97. The van der Waals surface area contributed by atoms with Gasteiger partial charge in [-0.15, -0.1) is 0 Å². The van der Waals surface area contributed by atoms with Crippen LogP contribution < -0.4 is 0 Å². The number of hydrogen-bond acceptors (Lipinski definition) is 2. The van der Waals surface area contributed by atoms with Crippen molar-refractivity contribution in [2.45, 2.75) is 45.7 Å². The van der Waals surface area contributed by atoms with Crippen molar-refractivity contribution in [3.8, 4) is 0 Å². The highest BCUT2D eigenvalue weighted by atomic mass is 16.6. The van der Waals surface area contributed by atoms with Gasteiger partial charge in [-0.2, -0.15) is 0 Å². The second-order valence-corrected chi connectivity index (χ2v) is 8.37. The molecule has 3 aromatic carbocycles. The molecule has 3 heteroatoms. The molecule has 0 N–H and O–H groups in total. The number of benzene rings is 3. The first-order valence-corrected chi connectivity index (χ1v) is 10.7. The molecular formula is C26H26N2O. The van der Waals surface area contributed by atoms with Crippen molar-refractivity contribution in [1.82, 2.24) is 9.47 Å². The Labute approximate surface area is 171 Å². The Hall–Kier alpha value is -2.62. The smallest absolute Gasteiger partial charge is 0.142 e. The number of ether oxygens (including phenoxy) is 1. The molecule has 0 radical (unpaired) electrons. The lowest BCUT2D eigenvalue weighted by molar-refractivity contribution is 0.160. The summed E-state index contributed by atoms with van der Waals surface area (Å²) in [7, 11) is 0. The van der Waals surface area contributed by atoms with E-state index in [4.69, 9.17) is 4.74 Å². The van der Waals surface area contributed by atoms with E-state index in [0.29, 0.717) is 0 Å². The highest BCUT2D eigenvalue weighted by molar-refractivity contribution is 5.89. The van der Waals surface area contributed by atoms with Gasteiger partial charge < -0.3 is 9.30 Å². The van der Waals surface area contributed by atoms with Gasteiger partial charge in [0.15, 0.2) is 0 Å². The minimum atomic E-state index is 0.182. The number of epoxide rings is 1. The zero-order chi connectivity index (χ0) is 19.5. The van der Waals surface area contributed by atoms with E-state index in [1.165, 1.54) is 44.1 Å². The van der Waals surface area contributed by atoms with E-state index in [-0.39, 0.29) is 12.3 Å². The molecule has 2 unspecified atom stereocenters. The first-order valence-electron chi connectivity index (χ1n) is 10.7. The third-order valence-electron chi connectivity index (χ3n) is 6.82. The van der Waals surface area contributed by atoms with Crippen LogP contribution in [0.3, 0.4) is 0 Å². The van der Waals surface area contributed by atoms with Crippen LogP contribution in [0.5, 0.6) is 0 Å². The molecule has 2 atom stereocenters. The molecule has 3 nitrogen and oxygen atoms in total. The maximum atomic E-state index is 6.27. The molecule has 0 bridgehead atoms. The average Bonchev–Trinajstić information content (AvgIpc) is 3.49. The van der Waals surface area contributed by atoms with E-state index < -0.39 is 0 Å². The average molecular weight is 383 g/mol. The highest BCUT2D eigenvalue weighted by Gasteiger charge is 2.46. The number of fused-ring (bicyclic) bond motifs is 4. The van der Waals surface area contributed by atoms with Gasteiger partial charge in [-0.25, -0.2) is 0 Å². The van der Waals surface area contributed by atoms with Crippen LogP contribution in [-0.4, -0.2) is 22.2 Å². The Bertz CT molecular complexity index is 1240. The third kappa shape index (κ3) is 2.58. The molecule has 1 aromatic heterocycles. The number of aryl methyl sites for hydroxylation is 2. The molecule has 0 amide bonds. The van der Waals surface area contributed by atoms with Crippen molar-refractivity contribution in [3.05, 3.63) is 83.0 Å². The Kier molecular flexibility index (Phi) is 3.84. The second-order valence-electron chi connectivity index (χ2n) is 8.37. The van der Waals surface area contributed by atoms with Gasteiger partial charge in [-0.05, 0) is 47.4 Å². The molecule has 6 rings (SSSR count). The summed E-state index contributed by atoms with van der Waals surface area (Å²) in [6, 6.07) is 22.1. The van der Waals surface area contributed by atoms with Gasteiger partial charge >= 0.3 is 0 Å². The fourth-order valence-electron chi connectivity index (χ4n) is 5.33.